The molecule has 0 spiro atoms. The summed E-state index contributed by atoms with van der Waals surface area (Å²) in [6.07, 6.45) is 2.23. The minimum Gasteiger partial charge on any atom is -0.342 e. The number of rotatable bonds is 5. The third-order valence-corrected chi connectivity index (χ3v) is 6.33. The fourth-order valence-electron chi connectivity index (χ4n) is 3.71. The molecule has 29 heavy (non-hydrogen) atoms. The van der Waals surface area contributed by atoms with E-state index in [0.717, 1.165) is 42.2 Å². The maximum absolute atomic E-state index is 12.7. The van der Waals surface area contributed by atoms with Crippen molar-refractivity contribution in [2.24, 2.45) is 0 Å². The van der Waals surface area contributed by atoms with E-state index in [2.05, 4.69) is 10.2 Å². The van der Waals surface area contributed by atoms with Crippen LogP contribution in [-0.4, -0.2) is 47.0 Å². The number of carbonyl (C=O) groups is 2. The van der Waals surface area contributed by atoms with Crippen molar-refractivity contribution in [2.75, 3.05) is 25.0 Å². The monoisotopic (exact) mass is 408 g/mol. The predicted molar refractivity (Wildman–Crippen MR) is 114 cm³/mol. The molecule has 1 N–H and O–H groups in total. The molecule has 0 atom stereocenters. The van der Waals surface area contributed by atoms with Crippen molar-refractivity contribution >= 4 is 28.8 Å². The number of likely N-dealkylation sites (tertiary alicyclic amines) is 1. The molecule has 1 aliphatic heterocycles. The second-order valence-corrected chi connectivity index (χ2v) is 8.35. The molecule has 3 aromatic rings. The topological polar surface area (TPSA) is 69.3 Å². The highest BCUT2D eigenvalue weighted by Gasteiger charge is 2.26. The smallest absolute Gasteiger partial charge is 0.278 e. The molecule has 0 radical (unpaired) electrons. The normalized spacial score (nSPS) is 14.7. The van der Waals surface area contributed by atoms with E-state index in [0.29, 0.717) is 12.1 Å². The van der Waals surface area contributed by atoms with Crippen LogP contribution >= 0.6 is 11.3 Å². The van der Waals surface area contributed by atoms with Crippen molar-refractivity contribution < 1.29 is 9.59 Å². The van der Waals surface area contributed by atoms with Gasteiger partial charge in [0, 0.05) is 42.3 Å². The van der Waals surface area contributed by atoms with Crippen LogP contribution in [0.1, 0.15) is 39.8 Å². The van der Waals surface area contributed by atoms with Gasteiger partial charge >= 0.3 is 0 Å². The fraction of sp³-hybridized carbons (Fsp3) is 0.318. The number of H-pyrrole nitrogens is 1. The molecule has 1 saturated heterocycles. The zero-order valence-electron chi connectivity index (χ0n) is 16.4. The molecule has 7 heteroatoms. The number of amides is 2. The lowest BCUT2D eigenvalue weighted by Crippen LogP contribution is -2.38. The number of hydrogen-bond acceptors (Lipinski definition) is 4. The molecular weight excluding hydrogens is 384 g/mol. The van der Waals surface area contributed by atoms with Crippen LogP contribution < -0.4 is 4.90 Å². The van der Waals surface area contributed by atoms with Crippen molar-refractivity contribution in [3.8, 4) is 0 Å². The number of nitrogens with one attached hydrogen (secondary N) is 1. The number of benzene rings is 1. The summed E-state index contributed by atoms with van der Waals surface area (Å²) >= 11 is 1.62. The first-order chi connectivity index (χ1) is 14.1. The molecular formula is C22H24N4O2S. The van der Waals surface area contributed by atoms with Gasteiger partial charge in [-0.05, 0) is 42.5 Å². The molecule has 2 amide bonds. The van der Waals surface area contributed by atoms with E-state index in [4.69, 9.17) is 0 Å². The number of anilines is 1. The summed E-state index contributed by atoms with van der Waals surface area (Å²) in [6.45, 7) is 1.47. The summed E-state index contributed by atoms with van der Waals surface area (Å²) in [5, 5.41) is 9.29. The maximum Gasteiger partial charge on any atom is 0.278 e. The fourth-order valence-corrected chi connectivity index (χ4v) is 4.41. The first-order valence-electron chi connectivity index (χ1n) is 9.80. The van der Waals surface area contributed by atoms with E-state index in [-0.39, 0.29) is 17.7 Å². The van der Waals surface area contributed by atoms with E-state index in [9.17, 15) is 9.59 Å². The molecule has 0 bridgehead atoms. The molecule has 0 saturated carbocycles. The van der Waals surface area contributed by atoms with Gasteiger partial charge in [-0.2, -0.15) is 5.10 Å². The molecule has 1 aliphatic rings. The zero-order chi connectivity index (χ0) is 20.2. The lowest BCUT2D eigenvalue weighted by Gasteiger charge is -2.31. The van der Waals surface area contributed by atoms with Crippen LogP contribution in [0.15, 0.2) is 53.9 Å². The largest absolute Gasteiger partial charge is 0.342 e. The van der Waals surface area contributed by atoms with Gasteiger partial charge in [-0.25, -0.2) is 0 Å². The first-order valence-corrected chi connectivity index (χ1v) is 10.7. The Balaban J connectivity index is 1.34. The Kier molecular flexibility index (Phi) is 5.76. The lowest BCUT2D eigenvalue weighted by molar-refractivity contribution is -0.131. The van der Waals surface area contributed by atoms with Gasteiger partial charge in [-0.15, -0.1) is 11.3 Å². The Hall–Kier alpha value is -2.93. The highest BCUT2D eigenvalue weighted by molar-refractivity contribution is 7.10. The van der Waals surface area contributed by atoms with Gasteiger partial charge in [-0.1, -0.05) is 24.3 Å². The summed E-state index contributed by atoms with van der Waals surface area (Å²) in [5.74, 6) is 0.343. The Bertz CT molecular complexity index is 960. The van der Waals surface area contributed by atoms with Crippen molar-refractivity contribution in [3.05, 3.63) is 70.2 Å². The molecule has 150 valence electrons. The standard InChI is InChI=1S/C22H24N4O2S/c1-25(17-6-3-2-4-7-17)22(28)20-15-19(23-24-20)16-9-11-26(12-10-16)21(27)14-18-8-5-13-29-18/h2-8,13,15-16H,9-12,14H2,1H3,(H,23,24). The molecule has 2 aromatic heterocycles. The van der Waals surface area contributed by atoms with Gasteiger partial charge in [0.25, 0.3) is 5.91 Å². The van der Waals surface area contributed by atoms with Crippen LogP contribution in [-0.2, 0) is 11.2 Å². The van der Waals surface area contributed by atoms with Gasteiger partial charge in [-0.3, -0.25) is 14.7 Å². The lowest BCUT2D eigenvalue weighted by atomic mass is 9.93. The number of hydrogen-bond donors (Lipinski definition) is 1. The second-order valence-electron chi connectivity index (χ2n) is 7.32. The van der Waals surface area contributed by atoms with Crippen molar-refractivity contribution in [3.63, 3.8) is 0 Å². The summed E-state index contributed by atoms with van der Waals surface area (Å²) in [4.78, 5) is 29.9. The summed E-state index contributed by atoms with van der Waals surface area (Å²) in [5.41, 5.74) is 2.22. The van der Waals surface area contributed by atoms with Gasteiger partial charge < -0.3 is 9.80 Å². The molecule has 6 nitrogen and oxygen atoms in total. The van der Waals surface area contributed by atoms with Crippen LogP contribution in [0.3, 0.4) is 0 Å². The number of piperidine rings is 1. The third-order valence-electron chi connectivity index (χ3n) is 5.46. The number of aromatic amines is 1. The van der Waals surface area contributed by atoms with E-state index >= 15 is 0 Å². The summed E-state index contributed by atoms with van der Waals surface area (Å²) < 4.78 is 0. The second kappa shape index (κ2) is 8.61. The molecule has 1 aromatic carbocycles. The third kappa shape index (κ3) is 4.40. The van der Waals surface area contributed by atoms with Gasteiger partial charge in [0.2, 0.25) is 5.91 Å². The number of para-hydroxylation sites is 1. The average Bonchev–Trinajstić information content (AvgIpc) is 3.46. The highest BCUT2D eigenvalue weighted by Crippen LogP contribution is 2.28. The molecule has 1 fully saturated rings. The molecule has 0 unspecified atom stereocenters. The van der Waals surface area contributed by atoms with Gasteiger partial charge in [0.05, 0.1) is 6.42 Å². The van der Waals surface area contributed by atoms with Crippen LogP contribution in [0.5, 0.6) is 0 Å². The van der Waals surface area contributed by atoms with Crippen LogP contribution in [0.25, 0.3) is 0 Å². The van der Waals surface area contributed by atoms with Crippen molar-refractivity contribution in [2.45, 2.75) is 25.2 Å². The number of carbonyl (C=O) groups excluding carboxylic acids is 2. The number of nitrogens with zero attached hydrogens (tertiary/aromatic N) is 3. The number of thiophene rings is 1. The summed E-state index contributed by atoms with van der Waals surface area (Å²) in [7, 11) is 1.75. The minimum atomic E-state index is -0.137. The van der Waals surface area contributed by atoms with Crippen molar-refractivity contribution in [1.82, 2.24) is 15.1 Å². The van der Waals surface area contributed by atoms with E-state index < -0.39 is 0 Å². The van der Waals surface area contributed by atoms with Gasteiger partial charge in [0.1, 0.15) is 0 Å². The minimum absolute atomic E-state index is 0.137. The Labute approximate surface area is 174 Å². The molecule has 0 aliphatic carbocycles. The van der Waals surface area contributed by atoms with E-state index in [1.807, 2.05) is 58.8 Å². The first kappa shape index (κ1) is 19.4. The Morgan fingerprint density at radius 2 is 1.93 bits per heavy atom. The van der Waals surface area contributed by atoms with E-state index in [1.54, 1.807) is 23.3 Å². The maximum atomic E-state index is 12.7. The van der Waals surface area contributed by atoms with Crippen LogP contribution in [0.2, 0.25) is 0 Å². The van der Waals surface area contributed by atoms with Crippen LogP contribution in [0.4, 0.5) is 5.69 Å². The SMILES string of the molecule is CN(C(=O)c1cc(C2CCN(C(=O)Cc3cccs3)CC2)[nH]n1)c1ccccc1. The molecule has 4 rings (SSSR count). The Morgan fingerprint density at radius 1 is 1.17 bits per heavy atom. The molecule has 3 heterocycles. The number of aromatic nitrogens is 2. The summed E-state index contributed by atoms with van der Waals surface area (Å²) in [6, 6.07) is 15.4. The highest BCUT2D eigenvalue weighted by atomic mass is 32.1. The van der Waals surface area contributed by atoms with E-state index in [1.165, 1.54) is 0 Å². The average molecular weight is 409 g/mol. The van der Waals surface area contributed by atoms with Gasteiger partial charge in [0.15, 0.2) is 5.69 Å². The predicted octanol–water partition coefficient (Wildman–Crippen LogP) is 3.70. The van der Waals surface area contributed by atoms with Crippen molar-refractivity contribution in [1.29, 1.82) is 0 Å². The zero-order valence-corrected chi connectivity index (χ0v) is 17.2. The van der Waals surface area contributed by atoms with Crippen LogP contribution in [0, 0.1) is 0 Å². The Morgan fingerprint density at radius 3 is 2.62 bits per heavy atom. The quantitative estimate of drug-likeness (QED) is 0.700.